The number of aliphatic hydroxyl groups is 2. The van der Waals surface area contributed by atoms with E-state index in [1.54, 1.807) is 18.3 Å². The minimum atomic E-state index is -2.27. The highest BCUT2D eigenvalue weighted by Gasteiger charge is 2.29. The van der Waals surface area contributed by atoms with Gasteiger partial charge in [0.05, 0.1) is 5.69 Å². The summed E-state index contributed by atoms with van der Waals surface area (Å²) in [5.74, 6) is -3.50. The molecule has 0 aliphatic carbocycles. The number of aliphatic hydroxyl groups excluding tert-OH is 2. The molecular weight excluding hydrogens is 457 g/mol. The predicted octanol–water partition coefficient (Wildman–Crippen LogP) is 2.13. The Morgan fingerprint density at radius 3 is 2.23 bits per heavy atom. The third kappa shape index (κ3) is 6.24. The van der Waals surface area contributed by atoms with Crippen molar-refractivity contribution in [3.05, 3.63) is 83.3 Å². The SMILES string of the molecule is CN1CCC(c2ccccc2)c2ccc(-c3cccnn3)c(F)c2C1.O=C(O)C(O)C(O)C(=O)O. The highest BCUT2D eigenvalue weighted by atomic mass is 19.1. The molecule has 1 aliphatic rings. The van der Waals surface area contributed by atoms with Crippen molar-refractivity contribution in [2.24, 2.45) is 0 Å². The summed E-state index contributed by atoms with van der Waals surface area (Å²) in [5.41, 5.74) is 4.20. The van der Waals surface area contributed by atoms with Crippen molar-refractivity contribution in [1.29, 1.82) is 0 Å². The van der Waals surface area contributed by atoms with Gasteiger partial charge in [0, 0.05) is 29.8 Å². The molecule has 0 bridgehead atoms. The van der Waals surface area contributed by atoms with E-state index in [2.05, 4.69) is 33.3 Å². The molecule has 35 heavy (non-hydrogen) atoms. The number of rotatable bonds is 5. The van der Waals surface area contributed by atoms with E-state index in [1.807, 2.05) is 31.3 Å². The Bertz CT molecular complexity index is 1140. The number of carbonyl (C=O) groups is 2. The Morgan fingerprint density at radius 2 is 1.66 bits per heavy atom. The number of carboxylic acid groups (broad SMARTS) is 2. The van der Waals surface area contributed by atoms with Crippen LogP contribution in [0.25, 0.3) is 11.3 Å². The molecule has 3 atom stereocenters. The number of hydrogen-bond donors (Lipinski definition) is 4. The molecule has 0 fully saturated rings. The Balaban J connectivity index is 0.000000292. The molecule has 2 aromatic carbocycles. The smallest absolute Gasteiger partial charge is 0.335 e. The molecule has 9 nitrogen and oxygen atoms in total. The summed E-state index contributed by atoms with van der Waals surface area (Å²) in [6.07, 6.45) is -1.95. The van der Waals surface area contributed by atoms with Gasteiger partial charge in [-0.3, -0.25) is 0 Å². The first-order chi connectivity index (χ1) is 16.7. The van der Waals surface area contributed by atoms with E-state index in [1.165, 1.54) is 5.56 Å². The molecule has 0 spiro atoms. The zero-order chi connectivity index (χ0) is 25.5. The third-order valence-electron chi connectivity index (χ3n) is 5.74. The fourth-order valence-electron chi connectivity index (χ4n) is 3.92. The molecule has 2 heterocycles. The normalized spacial score (nSPS) is 17.2. The van der Waals surface area contributed by atoms with Crippen molar-refractivity contribution in [1.82, 2.24) is 15.1 Å². The molecule has 1 aromatic heterocycles. The predicted molar refractivity (Wildman–Crippen MR) is 124 cm³/mol. The number of aliphatic carboxylic acids is 2. The van der Waals surface area contributed by atoms with Crippen LogP contribution >= 0.6 is 0 Å². The summed E-state index contributed by atoms with van der Waals surface area (Å²) in [6, 6.07) is 17.9. The highest BCUT2D eigenvalue weighted by molar-refractivity contribution is 5.83. The average Bonchev–Trinajstić information content (AvgIpc) is 3.03. The summed E-state index contributed by atoms with van der Waals surface area (Å²) in [6.45, 7) is 1.55. The molecule has 184 valence electrons. The van der Waals surface area contributed by atoms with Crippen molar-refractivity contribution < 1.29 is 34.4 Å². The summed E-state index contributed by atoms with van der Waals surface area (Å²) < 4.78 is 15.4. The zero-order valence-corrected chi connectivity index (χ0v) is 19.0. The second kappa shape index (κ2) is 11.6. The molecule has 3 aromatic rings. The van der Waals surface area contributed by atoms with Crippen LogP contribution in [-0.4, -0.2) is 73.3 Å². The van der Waals surface area contributed by atoms with E-state index in [4.69, 9.17) is 20.4 Å². The average molecular weight is 483 g/mol. The molecule has 10 heteroatoms. The Hall–Kier alpha value is -3.73. The van der Waals surface area contributed by atoms with E-state index < -0.39 is 24.1 Å². The minimum Gasteiger partial charge on any atom is -0.479 e. The quantitative estimate of drug-likeness (QED) is 0.429. The molecule has 4 rings (SSSR count). The van der Waals surface area contributed by atoms with Crippen LogP contribution in [0.3, 0.4) is 0 Å². The molecule has 0 saturated heterocycles. The topological polar surface area (TPSA) is 144 Å². The molecule has 0 amide bonds. The Morgan fingerprint density at radius 1 is 1.00 bits per heavy atom. The minimum absolute atomic E-state index is 0.173. The molecule has 4 N–H and O–H groups in total. The van der Waals surface area contributed by atoms with Crippen molar-refractivity contribution in [3.63, 3.8) is 0 Å². The fourth-order valence-corrected chi connectivity index (χ4v) is 3.92. The van der Waals surface area contributed by atoms with Gasteiger partial charge in [-0.25, -0.2) is 14.0 Å². The van der Waals surface area contributed by atoms with Crippen molar-refractivity contribution in [2.75, 3.05) is 13.6 Å². The van der Waals surface area contributed by atoms with Gasteiger partial charge in [-0.05, 0) is 49.3 Å². The summed E-state index contributed by atoms with van der Waals surface area (Å²) >= 11 is 0. The van der Waals surface area contributed by atoms with Crippen molar-refractivity contribution >= 4 is 11.9 Å². The largest absolute Gasteiger partial charge is 0.479 e. The molecule has 0 radical (unpaired) electrons. The molecule has 1 aliphatic heterocycles. The molecule has 3 unspecified atom stereocenters. The first-order valence-electron chi connectivity index (χ1n) is 10.8. The van der Waals surface area contributed by atoms with E-state index in [-0.39, 0.29) is 11.7 Å². The Labute approximate surface area is 201 Å². The van der Waals surface area contributed by atoms with Gasteiger partial charge in [-0.15, -0.1) is 0 Å². The van der Waals surface area contributed by atoms with E-state index in [0.717, 1.165) is 24.1 Å². The van der Waals surface area contributed by atoms with Crippen LogP contribution < -0.4 is 0 Å². The van der Waals surface area contributed by atoms with Gasteiger partial charge in [0.15, 0.2) is 12.2 Å². The third-order valence-corrected chi connectivity index (χ3v) is 5.74. The van der Waals surface area contributed by atoms with Gasteiger partial charge < -0.3 is 25.3 Å². The van der Waals surface area contributed by atoms with Crippen LogP contribution in [0.5, 0.6) is 0 Å². The van der Waals surface area contributed by atoms with Gasteiger partial charge in [0.25, 0.3) is 0 Å². The molecular formula is C25H26FN3O6. The first kappa shape index (κ1) is 25.9. The van der Waals surface area contributed by atoms with Gasteiger partial charge >= 0.3 is 11.9 Å². The number of fused-ring (bicyclic) bond motifs is 1. The lowest BCUT2D eigenvalue weighted by Crippen LogP contribution is -2.39. The Kier molecular flexibility index (Phi) is 8.58. The number of benzene rings is 2. The van der Waals surface area contributed by atoms with Crippen LogP contribution in [0.15, 0.2) is 60.8 Å². The monoisotopic (exact) mass is 483 g/mol. The fraction of sp³-hybridized carbons (Fsp3) is 0.280. The number of halogens is 1. The zero-order valence-electron chi connectivity index (χ0n) is 19.0. The van der Waals surface area contributed by atoms with Crippen LogP contribution in [0, 0.1) is 5.82 Å². The highest BCUT2D eigenvalue weighted by Crippen LogP contribution is 2.37. The van der Waals surface area contributed by atoms with Crippen LogP contribution in [0.1, 0.15) is 29.0 Å². The van der Waals surface area contributed by atoms with Gasteiger partial charge in [-0.1, -0.05) is 36.4 Å². The lowest BCUT2D eigenvalue weighted by Gasteiger charge is -2.19. The van der Waals surface area contributed by atoms with Crippen molar-refractivity contribution in [2.45, 2.75) is 31.1 Å². The van der Waals surface area contributed by atoms with Gasteiger partial charge in [0.2, 0.25) is 0 Å². The van der Waals surface area contributed by atoms with E-state index >= 15 is 4.39 Å². The number of carboxylic acids is 2. The maximum absolute atomic E-state index is 15.4. The van der Waals surface area contributed by atoms with Gasteiger partial charge in [0.1, 0.15) is 5.82 Å². The molecule has 0 saturated carbocycles. The lowest BCUT2D eigenvalue weighted by molar-refractivity contribution is -0.165. The second-order valence-corrected chi connectivity index (χ2v) is 8.16. The summed E-state index contributed by atoms with van der Waals surface area (Å²) in [7, 11) is 2.05. The van der Waals surface area contributed by atoms with Crippen LogP contribution in [0.4, 0.5) is 4.39 Å². The van der Waals surface area contributed by atoms with Crippen LogP contribution in [-0.2, 0) is 16.1 Å². The van der Waals surface area contributed by atoms with Crippen molar-refractivity contribution in [3.8, 4) is 11.3 Å². The second-order valence-electron chi connectivity index (χ2n) is 8.16. The first-order valence-corrected chi connectivity index (χ1v) is 10.8. The summed E-state index contributed by atoms with van der Waals surface area (Å²) in [5, 5.41) is 40.5. The number of aromatic nitrogens is 2. The van der Waals surface area contributed by atoms with Crippen LogP contribution in [0.2, 0.25) is 0 Å². The van der Waals surface area contributed by atoms with Gasteiger partial charge in [-0.2, -0.15) is 10.2 Å². The number of hydrogen-bond acceptors (Lipinski definition) is 7. The number of nitrogens with zero attached hydrogens (tertiary/aromatic N) is 3. The maximum Gasteiger partial charge on any atom is 0.335 e. The van der Waals surface area contributed by atoms with E-state index in [9.17, 15) is 9.59 Å². The summed E-state index contributed by atoms with van der Waals surface area (Å²) in [4.78, 5) is 21.7. The lowest BCUT2D eigenvalue weighted by atomic mass is 9.85. The maximum atomic E-state index is 15.4. The standard InChI is InChI=1S/C21H20FN3.C4H6O6/c1-25-13-11-16(15-6-3-2-4-7-15)17-9-10-18(21(22)19(17)14-25)20-8-5-12-23-24-20;5-1(3(7)8)2(6)4(9)10/h2-10,12,16H,11,13-14H2,1H3;1-2,5-6H,(H,7,8)(H,9,10). The van der Waals surface area contributed by atoms with E-state index in [0.29, 0.717) is 17.8 Å².